The molecule has 0 aromatic carbocycles. The van der Waals surface area contributed by atoms with Crippen molar-refractivity contribution in [1.82, 2.24) is 9.55 Å². The number of carboxylic acid groups (broad SMARTS) is 1. The minimum absolute atomic E-state index is 0.212. The van der Waals surface area contributed by atoms with Gasteiger partial charge >= 0.3 is 11.8 Å². The lowest BCUT2D eigenvalue weighted by Crippen LogP contribution is -2.07. The first-order valence-electron chi connectivity index (χ1n) is 5.75. The van der Waals surface area contributed by atoms with E-state index in [1.165, 1.54) is 10.9 Å². The van der Waals surface area contributed by atoms with E-state index in [4.69, 9.17) is 5.11 Å². The second-order valence-electron chi connectivity index (χ2n) is 3.78. The molecule has 0 bridgehead atoms. The molecular weight excluding hydrogens is 250 g/mol. The summed E-state index contributed by atoms with van der Waals surface area (Å²) in [6.45, 7) is 4.01. The predicted molar refractivity (Wildman–Crippen MR) is 69.0 cm³/mol. The Hall–Kier alpha value is -2.44. The number of carboxylic acids is 1. The van der Waals surface area contributed by atoms with Gasteiger partial charge in [0.25, 0.3) is 0 Å². The number of carbonyl (C=O) groups is 1. The van der Waals surface area contributed by atoms with Gasteiger partial charge in [0.15, 0.2) is 6.33 Å². The number of hydrogen-bond donors (Lipinski definition) is 1. The number of aromatic carboxylic acids is 1. The molecule has 7 heteroatoms. The smallest absolute Gasteiger partial charge is 0.363 e. The Morgan fingerprint density at radius 3 is 2.79 bits per heavy atom. The van der Waals surface area contributed by atoms with E-state index >= 15 is 0 Å². The van der Waals surface area contributed by atoms with Gasteiger partial charge in [-0.3, -0.25) is 0 Å². The van der Waals surface area contributed by atoms with Gasteiger partial charge in [-0.15, -0.1) is 0 Å². The molecule has 0 aliphatic heterocycles. The first kappa shape index (κ1) is 14.6. The molecule has 0 spiro atoms. The maximum Gasteiger partial charge on any atom is 0.363 e. The number of nitrogens with zero attached hydrogens (tertiary/aromatic N) is 3. The third-order valence-electron chi connectivity index (χ3n) is 2.48. The average molecular weight is 265 g/mol. The summed E-state index contributed by atoms with van der Waals surface area (Å²) >= 11 is 0. The monoisotopic (exact) mass is 265 g/mol. The van der Waals surface area contributed by atoms with Gasteiger partial charge in [0.2, 0.25) is 5.69 Å². The van der Waals surface area contributed by atoms with Crippen molar-refractivity contribution in [1.29, 1.82) is 0 Å². The van der Waals surface area contributed by atoms with Crippen molar-refractivity contribution in [3.8, 4) is 0 Å². The highest BCUT2D eigenvalue weighted by molar-refractivity contribution is 5.89. The number of hydrogen-bond acceptors (Lipinski definition) is 4. The second kappa shape index (κ2) is 6.48. The zero-order valence-electron chi connectivity index (χ0n) is 10.7. The molecular formula is C12H15N3O4. The quantitative estimate of drug-likeness (QED) is 0.483. The summed E-state index contributed by atoms with van der Waals surface area (Å²) in [5.41, 5.74) is 0.305. The zero-order chi connectivity index (χ0) is 14.4. The summed E-state index contributed by atoms with van der Waals surface area (Å²) in [7, 11) is 0. The van der Waals surface area contributed by atoms with E-state index < -0.39 is 22.4 Å². The van der Waals surface area contributed by atoms with Crippen molar-refractivity contribution >= 4 is 11.8 Å². The van der Waals surface area contributed by atoms with E-state index in [0.717, 1.165) is 12.0 Å². The van der Waals surface area contributed by atoms with Gasteiger partial charge in [0.05, 0.1) is 0 Å². The van der Waals surface area contributed by atoms with Crippen LogP contribution in [0.15, 0.2) is 30.1 Å². The highest BCUT2D eigenvalue weighted by atomic mass is 16.6. The number of imidazole rings is 1. The first-order chi connectivity index (χ1) is 9.01. The third-order valence-corrected chi connectivity index (χ3v) is 2.48. The van der Waals surface area contributed by atoms with Crippen LogP contribution in [-0.4, -0.2) is 25.6 Å². The topological polar surface area (TPSA) is 98.3 Å². The van der Waals surface area contributed by atoms with Crippen molar-refractivity contribution in [3.05, 3.63) is 45.9 Å². The molecule has 7 nitrogen and oxygen atoms in total. The largest absolute Gasteiger partial charge is 0.476 e. The fourth-order valence-corrected chi connectivity index (χ4v) is 1.54. The Kier molecular flexibility index (Phi) is 4.99. The normalized spacial score (nSPS) is 12.0. The average Bonchev–Trinajstić information content (AvgIpc) is 2.78. The number of rotatable bonds is 6. The van der Waals surface area contributed by atoms with Crippen LogP contribution in [0.25, 0.3) is 0 Å². The standard InChI is InChI=1S/C12H15N3O4/c1-3-5-6-9(4-2)7-14-8-13-10(12(16)17)11(14)15(18)19/h4-6,8H,3,7H2,1-2H3,(H,16,17)/b6-5-,9-4+. The maximum absolute atomic E-state index is 10.9. The Morgan fingerprint density at radius 1 is 1.63 bits per heavy atom. The van der Waals surface area contributed by atoms with Crippen LogP contribution in [-0.2, 0) is 6.54 Å². The Balaban J connectivity index is 3.11. The number of aromatic nitrogens is 2. The molecule has 1 aromatic rings. The summed E-state index contributed by atoms with van der Waals surface area (Å²) in [5, 5.41) is 19.8. The highest BCUT2D eigenvalue weighted by Crippen LogP contribution is 2.19. The molecule has 19 heavy (non-hydrogen) atoms. The maximum atomic E-state index is 10.9. The summed E-state index contributed by atoms with van der Waals surface area (Å²) < 4.78 is 1.22. The molecule has 1 N–H and O–H groups in total. The van der Waals surface area contributed by atoms with Gasteiger partial charge in [-0.1, -0.05) is 25.2 Å². The minimum Gasteiger partial charge on any atom is -0.476 e. The van der Waals surface area contributed by atoms with Gasteiger partial charge in [0.1, 0.15) is 6.54 Å². The molecule has 0 radical (unpaired) electrons. The van der Waals surface area contributed by atoms with Crippen molar-refractivity contribution in [2.24, 2.45) is 0 Å². The van der Waals surface area contributed by atoms with Crippen molar-refractivity contribution in [3.63, 3.8) is 0 Å². The highest BCUT2D eigenvalue weighted by Gasteiger charge is 2.26. The molecule has 1 heterocycles. The molecule has 0 unspecified atom stereocenters. The zero-order valence-corrected chi connectivity index (χ0v) is 10.7. The van der Waals surface area contributed by atoms with E-state index in [0.29, 0.717) is 0 Å². The summed E-state index contributed by atoms with van der Waals surface area (Å²) in [4.78, 5) is 24.6. The van der Waals surface area contributed by atoms with Gasteiger partial charge in [-0.25, -0.2) is 14.3 Å². The van der Waals surface area contributed by atoms with Crippen molar-refractivity contribution in [2.75, 3.05) is 0 Å². The lowest BCUT2D eigenvalue weighted by molar-refractivity contribution is -0.392. The van der Waals surface area contributed by atoms with Crippen LogP contribution in [0, 0.1) is 10.1 Å². The van der Waals surface area contributed by atoms with Gasteiger partial charge in [0, 0.05) is 0 Å². The van der Waals surface area contributed by atoms with Crippen LogP contribution < -0.4 is 0 Å². The van der Waals surface area contributed by atoms with Crippen LogP contribution in [0.5, 0.6) is 0 Å². The van der Waals surface area contributed by atoms with Gasteiger partial charge < -0.3 is 15.2 Å². The fourth-order valence-electron chi connectivity index (χ4n) is 1.54. The SMILES string of the molecule is C/C=C(\C=C/CC)Cn1cnc(C(=O)O)c1[N+](=O)[O-]. The third kappa shape index (κ3) is 3.51. The summed E-state index contributed by atoms with van der Waals surface area (Å²) in [6, 6.07) is 0. The van der Waals surface area contributed by atoms with E-state index in [1.54, 1.807) is 0 Å². The molecule has 0 aliphatic carbocycles. The van der Waals surface area contributed by atoms with Crippen LogP contribution in [0.4, 0.5) is 5.82 Å². The molecule has 0 amide bonds. The summed E-state index contributed by atoms with van der Waals surface area (Å²) in [6.07, 6.45) is 7.62. The number of nitro groups is 1. The fraction of sp³-hybridized carbons (Fsp3) is 0.333. The van der Waals surface area contributed by atoms with Crippen LogP contribution in [0.1, 0.15) is 30.8 Å². The molecule has 1 rings (SSSR count). The first-order valence-corrected chi connectivity index (χ1v) is 5.75. The minimum atomic E-state index is -1.41. The number of allylic oxidation sites excluding steroid dienone is 4. The lowest BCUT2D eigenvalue weighted by Gasteiger charge is -2.02. The van der Waals surface area contributed by atoms with Gasteiger partial charge in [-0.2, -0.15) is 0 Å². The molecule has 1 aromatic heterocycles. The predicted octanol–water partition coefficient (Wildman–Crippen LogP) is 2.40. The molecule has 0 aliphatic rings. The van der Waals surface area contributed by atoms with Crippen molar-refractivity contribution < 1.29 is 14.8 Å². The lowest BCUT2D eigenvalue weighted by atomic mass is 10.2. The van der Waals surface area contributed by atoms with E-state index in [2.05, 4.69) is 4.98 Å². The van der Waals surface area contributed by atoms with Gasteiger partial charge in [-0.05, 0) is 23.8 Å². The molecule has 0 saturated carbocycles. The Labute approximate surface area is 110 Å². The second-order valence-corrected chi connectivity index (χ2v) is 3.78. The van der Waals surface area contributed by atoms with E-state index in [9.17, 15) is 14.9 Å². The van der Waals surface area contributed by atoms with E-state index in [-0.39, 0.29) is 6.54 Å². The molecule has 0 saturated heterocycles. The van der Waals surface area contributed by atoms with Crippen molar-refractivity contribution in [2.45, 2.75) is 26.8 Å². The molecule has 0 atom stereocenters. The Morgan fingerprint density at radius 2 is 2.32 bits per heavy atom. The van der Waals surface area contributed by atoms with Crippen LogP contribution in [0.3, 0.4) is 0 Å². The van der Waals surface area contributed by atoms with Crippen LogP contribution >= 0.6 is 0 Å². The molecule has 0 fully saturated rings. The molecule has 102 valence electrons. The van der Waals surface area contributed by atoms with E-state index in [1.807, 2.05) is 32.1 Å². The Bertz CT molecular complexity index is 543. The van der Waals surface area contributed by atoms with Crippen LogP contribution in [0.2, 0.25) is 0 Å². The summed E-state index contributed by atoms with van der Waals surface area (Å²) in [5.74, 6) is -1.91.